The fourth-order valence-electron chi connectivity index (χ4n) is 7.12. The van der Waals surface area contributed by atoms with Gasteiger partial charge in [0.1, 0.15) is 0 Å². The molecule has 0 spiro atoms. The van der Waals surface area contributed by atoms with Crippen molar-refractivity contribution >= 4 is 45.0 Å². The van der Waals surface area contributed by atoms with E-state index in [-0.39, 0.29) is 0 Å². The molecule has 0 aliphatic rings. The van der Waals surface area contributed by atoms with Gasteiger partial charge in [-0.15, -0.1) is 0 Å². The number of hydrogen-bond acceptors (Lipinski definition) is 0. The molecule has 8 aromatic rings. The molecular formula is C46H34. The summed E-state index contributed by atoms with van der Waals surface area (Å²) in [6.07, 6.45) is 3.30. The average Bonchev–Trinajstić information content (AvgIpc) is 3.12. The summed E-state index contributed by atoms with van der Waals surface area (Å²) in [5.41, 5.74) is 10.0. The molecular weight excluding hydrogens is 553 g/mol. The number of benzene rings is 8. The van der Waals surface area contributed by atoms with E-state index in [1.54, 1.807) is 0 Å². The van der Waals surface area contributed by atoms with E-state index in [1.165, 1.54) is 82.0 Å². The molecule has 218 valence electrons. The maximum absolute atomic E-state index is 4.33. The normalized spacial score (nSPS) is 11.9. The predicted octanol–water partition coefficient (Wildman–Crippen LogP) is 10.9. The van der Waals surface area contributed by atoms with Crippen LogP contribution in [0.3, 0.4) is 0 Å². The highest BCUT2D eigenvalue weighted by molar-refractivity contribution is 6.21. The molecule has 0 fully saturated rings. The van der Waals surface area contributed by atoms with Gasteiger partial charge >= 0.3 is 0 Å². The molecule has 0 nitrogen and oxygen atoms in total. The molecule has 0 aliphatic carbocycles. The number of fused-ring (bicyclic) bond motifs is 3. The van der Waals surface area contributed by atoms with Crippen molar-refractivity contribution in [3.63, 3.8) is 0 Å². The van der Waals surface area contributed by atoms with Gasteiger partial charge in [-0.2, -0.15) is 0 Å². The van der Waals surface area contributed by atoms with E-state index in [9.17, 15) is 0 Å². The summed E-state index contributed by atoms with van der Waals surface area (Å²) < 4.78 is 0. The zero-order valence-corrected chi connectivity index (χ0v) is 26.0. The molecule has 0 saturated heterocycles. The van der Waals surface area contributed by atoms with E-state index in [0.29, 0.717) is 0 Å². The van der Waals surface area contributed by atoms with Crippen molar-refractivity contribution in [1.29, 1.82) is 0 Å². The van der Waals surface area contributed by atoms with Crippen LogP contribution in [-0.4, -0.2) is 0 Å². The van der Waals surface area contributed by atoms with Gasteiger partial charge in [0.15, 0.2) is 0 Å². The molecule has 0 amide bonds. The largest absolute Gasteiger partial charge is 0.0911 e. The van der Waals surface area contributed by atoms with Gasteiger partial charge in [0, 0.05) is 0 Å². The predicted molar refractivity (Wildman–Crippen MR) is 199 cm³/mol. The second-order valence-electron chi connectivity index (χ2n) is 12.1. The van der Waals surface area contributed by atoms with Gasteiger partial charge in [-0.1, -0.05) is 171 Å². The van der Waals surface area contributed by atoms with Crippen molar-refractivity contribution in [2.45, 2.75) is 13.3 Å². The van der Waals surface area contributed by atoms with E-state index in [2.05, 4.69) is 177 Å². The Morgan fingerprint density at radius 2 is 0.848 bits per heavy atom. The van der Waals surface area contributed by atoms with Gasteiger partial charge in [-0.05, 0) is 99.8 Å². The van der Waals surface area contributed by atoms with Crippen LogP contribution in [0.15, 0.2) is 158 Å². The fraction of sp³-hybridized carbons (Fsp3) is 0.0435. The lowest BCUT2D eigenvalue weighted by atomic mass is 9.85. The Balaban J connectivity index is 1.28. The van der Waals surface area contributed by atoms with Crippen molar-refractivity contribution < 1.29 is 0 Å². The monoisotopic (exact) mass is 586 g/mol. The van der Waals surface area contributed by atoms with Crippen molar-refractivity contribution in [2.24, 2.45) is 0 Å². The van der Waals surface area contributed by atoms with Crippen molar-refractivity contribution in [3.8, 4) is 33.4 Å². The summed E-state index contributed by atoms with van der Waals surface area (Å²) in [5, 5.41) is 9.94. The average molecular weight is 587 g/mol. The first-order valence-electron chi connectivity index (χ1n) is 16.1. The van der Waals surface area contributed by atoms with Gasteiger partial charge < -0.3 is 0 Å². The summed E-state index contributed by atoms with van der Waals surface area (Å²) in [6.45, 7) is 6.55. The fourth-order valence-corrected chi connectivity index (χ4v) is 7.12. The second-order valence-corrected chi connectivity index (χ2v) is 12.1. The quantitative estimate of drug-likeness (QED) is 0.176. The molecule has 0 aromatic heterocycles. The van der Waals surface area contributed by atoms with E-state index in [1.807, 2.05) is 0 Å². The van der Waals surface area contributed by atoms with Crippen LogP contribution in [0.4, 0.5) is 0 Å². The summed E-state index contributed by atoms with van der Waals surface area (Å²) in [7, 11) is 0. The van der Waals surface area contributed by atoms with Gasteiger partial charge in [-0.3, -0.25) is 0 Å². The minimum Gasteiger partial charge on any atom is -0.0911 e. The van der Waals surface area contributed by atoms with Crippen LogP contribution in [0, 0.1) is 0 Å². The van der Waals surface area contributed by atoms with Crippen LogP contribution < -0.4 is 10.4 Å². The lowest BCUT2D eigenvalue weighted by Crippen LogP contribution is -2.16. The topological polar surface area (TPSA) is 0 Å². The molecule has 0 radical (unpaired) electrons. The summed E-state index contributed by atoms with van der Waals surface area (Å²) in [4.78, 5) is 0. The van der Waals surface area contributed by atoms with Gasteiger partial charge in [-0.25, -0.2) is 0 Å². The molecule has 0 heteroatoms. The van der Waals surface area contributed by atoms with Gasteiger partial charge in [0.2, 0.25) is 0 Å². The molecule has 8 aromatic carbocycles. The van der Waals surface area contributed by atoms with Crippen LogP contribution >= 0.6 is 0 Å². The SMILES string of the molecule is C=c1cc(CC)c(=Cc2ccc(-c3c4ccccc4c(-c4ccc(-c5ccccc5)cc4)c4ccccc34)cc2)c2ccccc12. The highest BCUT2D eigenvalue weighted by atomic mass is 14.2. The van der Waals surface area contributed by atoms with Crippen LogP contribution in [0.2, 0.25) is 0 Å². The van der Waals surface area contributed by atoms with E-state index in [0.717, 1.165) is 11.6 Å². The van der Waals surface area contributed by atoms with E-state index >= 15 is 0 Å². The standard InChI is InChI=1S/C46H34/c1-3-33-29-31(2)38-15-7-8-16-39(38)44(33)30-32-21-23-36(24-22-32)45-40-17-9-11-19-42(40)46(43-20-12-10-18-41(43)45)37-27-25-35(26-28-37)34-13-5-4-6-14-34/h4-30H,2-3H2,1H3. The van der Waals surface area contributed by atoms with Gasteiger partial charge in [0.05, 0.1) is 0 Å². The third-order valence-corrected chi connectivity index (χ3v) is 9.36. The Bertz CT molecular complexity index is 2430. The molecule has 0 heterocycles. The van der Waals surface area contributed by atoms with Gasteiger partial charge in [0.25, 0.3) is 0 Å². The molecule has 0 saturated carbocycles. The Kier molecular flexibility index (Phi) is 7.04. The third-order valence-electron chi connectivity index (χ3n) is 9.36. The maximum Gasteiger partial charge on any atom is -0.00264 e. The summed E-state index contributed by atoms with van der Waals surface area (Å²) >= 11 is 0. The number of aryl methyl sites for hydroxylation is 1. The highest BCUT2D eigenvalue weighted by Crippen LogP contribution is 2.43. The van der Waals surface area contributed by atoms with Crippen molar-refractivity contribution in [1.82, 2.24) is 0 Å². The van der Waals surface area contributed by atoms with Crippen LogP contribution in [-0.2, 0) is 6.42 Å². The molecule has 0 unspecified atom stereocenters. The molecule has 0 atom stereocenters. The summed E-state index contributed by atoms with van der Waals surface area (Å²) in [5.74, 6) is 0. The first-order chi connectivity index (χ1) is 22.7. The highest BCUT2D eigenvalue weighted by Gasteiger charge is 2.16. The Morgan fingerprint density at radius 1 is 0.435 bits per heavy atom. The second kappa shape index (κ2) is 11.7. The first-order valence-corrected chi connectivity index (χ1v) is 16.1. The van der Waals surface area contributed by atoms with Crippen molar-refractivity contribution in [3.05, 3.63) is 179 Å². The number of hydrogen-bond donors (Lipinski definition) is 0. The summed E-state index contributed by atoms with van der Waals surface area (Å²) in [6, 6.07) is 57.4. The van der Waals surface area contributed by atoms with Crippen molar-refractivity contribution in [2.75, 3.05) is 0 Å². The Labute approximate surface area is 270 Å². The van der Waals surface area contributed by atoms with E-state index in [4.69, 9.17) is 0 Å². The molecule has 46 heavy (non-hydrogen) atoms. The molecule has 8 rings (SSSR count). The van der Waals surface area contributed by atoms with Crippen LogP contribution in [0.1, 0.15) is 18.1 Å². The van der Waals surface area contributed by atoms with E-state index < -0.39 is 0 Å². The molecule has 0 bridgehead atoms. The zero-order chi connectivity index (χ0) is 31.0. The van der Waals surface area contributed by atoms with Crippen LogP contribution in [0.5, 0.6) is 0 Å². The lowest BCUT2D eigenvalue weighted by molar-refractivity contribution is 1.13. The smallest absolute Gasteiger partial charge is 0.00264 e. The lowest BCUT2D eigenvalue weighted by Gasteiger charge is -2.18. The minimum absolute atomic E-state index is 0.969. The minimum atomic E-state index is 0.969. The maximum atomic E-state index is 4.33. The zero-order valence-electron chi connectivity index (χ0n) is 26.0. The number of rotatable bonds is 5. The Morgan fingerprint density at radius 3 is 1.37 bits per heavy atom. The molecule has 0 N–H and O–H groups in total. The third kappa shape index (κ3) is 4.80. The first kappa shape index (κ1) is 27.8. The molecule has 0 aliphatic heterocycles. The van der Waals surface area contributed by atoms with Crippen LogP contribution in [0.25, 0.3) is 78.4 Å². The Hall–Kier alpha value is -5.72.